The Balaban J connectivity index is 1.92. The first-order valence-corrected chi connectivity index (χ1v) is 6.24. The van der Waals surface area contributed by atoms with Gasteiger partial charge in [-0.15, -0.1) is 11.3 Å². The van der Waals surface area contributed by atoms with Crippen LogP contribution < -0.4 is 16.6 Å². The van der Waals surface area contributed by atoms with Crippen molar-refractivity contribution < 1.29 is 0 Å². The highest BCUT2D eigenvalue weighted by atomic mass is 32.1. The molecule has 0 aliphatic heterocycles. The summed E-state index contributed by atoms with van der Waals surface area (Å²) in [7, 11) is 0. The van der Waals surface area contributed by atoms with Gasteiger partial charge in [0.15, 0.2) is 0 Å². The van der Waals surface area contributed by atoms with Crippen molar-refractivity contribution in [1.82, 2.24) is 9.97 Å². The second-order valence-electron chi connectivity index (χ2n) is 3.59. The predicted molar refractivity (Wildman–Crippen MR) is 71.1 cm³/mol. The van der Waals surface area contributed by atoms with E-state index in [9.17, 15) is 0 Å². The monoisotopic (exact) mass is 249 g/mol. The highest BCUT2D eigenvalue weighted by molar-refractivity contribution is 7.09. The second-order valence-corrected chi connectivity index (χ2v) is 4.62. The van der Waals surface area contributed by atoms with Crippen LogP contribution in [0.4, 0.5) is 11.6 Å². The van der Waals surface area contributed by atoms with E-state index in [4.69, 9.17) is 5.84 Å². The average molecular weight is 249 g/mol. The van der Waals surface area contributed by atoms with Crippen molar-refractivity contribution in [2.75, 3.05) is 17.3 Å². The fraction of sp³-hybridized carbons (Fsp3) is 0.273. The van der Waals surface area contributed by atoms with Gasteiger partial charge in [0.25, 0.3) is 0 Å². The van der Waals surface area contributed by atoms with Crippen molar-refractivity contribution >= 4 is 23.0 Å². The Kier molecular flexibility index (Phi) is 3.89. The van der Waals surface area contributed by atoms with Crippen LogP contribution in [-0.4, -0.2) is 16.5 Å². The molecule has 2 heterocycles. The number of aryl methyl sites for hydroxylation is 1. The normalized spacial score (nSPS) is 10.2. The second kappa shape index (κ2) is 5.60. The Morgan fingerprint density at radius 1 is 1.35 bits per heavy atom. The van der Waals surface area contributed by atoms with Crippen molar-refractivity contribution in [2.45, 2.75) is 13.3 Å². The molecule has 0 unspecified atom stereocenters. The largest absolute Gasteiger partial charge is 0.370 e. The molecular formula is C11H15N5S. The van der Waals surface area contributed by atoms with Gasteiger partial charge in [0, 0.05) is 17.5 Å². The molecule has 6 heteroatoms. The van der Waals surface area contributed by atoms with Crippen LogP contribution in [0.2, 0.25) is 0 Å². The summed E-state index contributed by atoms with van der Waals surface area (Å²) in [4.78, 5) is 9.77. The minimum atomic E-state index is 0.621. The molecule has 90 valence electrons. The molecular weight excluding hydrogens is 234 g/mol. The first-order valence-electron chi connectivity index (χ1n) is 5.36. The van der Waals surface area contributed by atoms with Gasteiger partial charge in [-0.1, -0.05) is 6.07 Å². The predicted octanol–water partition coefficient (Wildman–Crippen LogP) is 1.79. The van der Waals surface area contributed by atoms with E-state index in [1.165, 1.54) is 4.88 Å². The molecule has 0 amide bonds. The zero-order valence-electron chi connectivity index (χ0n) is 9.60. The molecule has 2 aromatic rings. The van der Waals surface area contributed by atoms with Gasteiger partial charge in [0.1, 0.15) is 17.5 Å². The third-order valence-corrected chi connectivity index (χ3v) is 3.18. The van der Waals surface area contributed by atoms with Gasteiger partial charge in [-0.25, -0.2) is 15.8 Å². The molecule has 0 aliphatic rings. The fourth-order valence-corrected chi connectivity index (χ4v) is 2.21. The van der Waals surface area contributed by atoms with Gasteiger partial charge in [-0.05, 0) is 24.8 Å². The van der Waals surface area contributed by atoms with E-state index in [0.717, 1.165) is 18.8 Å². The molecule has 0 radical (unpaired) electrons. The van der Waals surface area contributed by atoms with Crippen LogP contribution in [0.5, 0.6) is 0 Å². The maximum absolute atomic E-state index is 5.33. The van der Waals surface area contributed by atoms with E-state index in [-0.39, 0.29) is 0 Å². The Bertz CT molecular complexity index is 469. The first kappa shape index (κ1) is 11.8. The molecule has 0 spiro atoms. The lowest BCUT2D eigenvalue weighted by Gasteiger charge is -2.07. The summed E-state index contributed by atoms with van der Waals surface area (Å²) >= 11 is 1.76. The minimum Gasteiger partial charge on any atom is -0.370 e. The molecule has 2 rings (SSSR count). The van der Waals surface area contributed by atoms with Crippen LogP contribution in [0.3, 0.4) is 0 Å². The van der Waals surface area contributed by atoms with E-state index >= 15 is 0 Å². The number of rotatable bonds is 5. The fourth-order valence-electron chi connectivity index (χ4n) is 1.50. The van der Waals surface area contributed by atoms with E-state index in [1.807, 2.05) is 6.92 Å². The summed E-state index contributed by atoms with van der Waals surface area (Å²) in [5.41, 5.74) is 2.52. The number of nitrogens with one attached hydrogen (secondary N) is 2. The SMILES string of the molecule is Cc1nc(NN)cc(NCCc2cccs2)n1. The molecule has 0 aromatic carbocycles. The number of nitrogens with two attached hydrogens (primary N) is 1. The maximum Gasteiger partial charge on any atom is 0.145 e. The summed E-state index contributed by atoms with van der Waals surface area (Å²) in [5.74, 6) is 7.44. The zero-order chi connectivity index (χ0) is 12.1. The molecule has 0 atom stereocenters. The third kappa shape index (κ3) is 3.40. The third-order valence-electron chi connectivity index (χ3n) is 2.24. The lowest BCUT2D eigenvalue weighted by molar-refractivity contribution is 0.991. The molecule has 0 bridgehead atoms. The first-order chi connectivity index (χ1) is 8.28. The number of hydrazine groups is 1. The Labute approximate surface area is 104 Å². The number of anilines is 2. The molecule has 17 heavy (non-hydrogen) atoms. The molecule has 0 fully saturated rings. The highest BCUT2D eigenvalue weighted by Gasteiger charge is 2.00. The molecule has 4 N–H and O–H groups in total. The van der Waals surface area contributed by atoms with E-state index in [0.29, 0.717) is 11.6 Å². The van der Waals surface area contributed by atoms with Crippen molar-refractivity contribution in [3.05, 3.63) is 34.3 Å². The number of hydrogen-bond donors (Lipinski definition) is 3. The average Bonchev–Trinajstić information content (AvgIpc) is 2.81. The quantitative estimate of drug-likeness (QED) is 0.556. The summed E-state index contributed by atoms with van der Waals surface area (Å²) < 4.78 is 0. The van der Waals surface area contributed by atoms with Gasteiger partial charge < -0.3 is 10.7 Å². The van der Waals surface area contributed by atoms with Crippen molar-refractivity contribution in [2.24, 2.45) is 5.84 Å². The standard InChI is InChI=1S/C11H15N5S/c1-8-14-10(7-11(15-8)16-12)13-5-4-9-3-2-6-17-9/h2-3,6-7H,4-5,12H2,1H3,(H2,13,14,15,16). The summed E-state index contributed by atoms with van der Waals surface area (Å²) in [5, 5.41) is 5.34. The topological polar surface area (TPSA) is 75.9 Å². The Morgan fingerprint density at radius 3 is 2.88 bits per heavy atom. The van der Waals surface area contributed by atoms with E-state index < -0.39 is 0 Å². The number of aromatic nitrogens is 2. The number of thiophene rings is 1. The van der Waals surface area contributed by atoms with E-state index in [2.05, 4.69) is 38.2 Å². The van der Waals surface area contributed by atoms with Crippen LogP contribution in [0, 0.1) is 6.92 Å². The maximum atomic E-state index is 5.33. The van der Waals surface area contributed by atoms with Crippen LogP contribution >= 0.6 is 11.3 Å². The van der Waals surface area contributed by atoms with Crippen molar-refractivity contribution in [3.8, 4) is 0 Å². The molecule has 2 aromatic heterocycles. The van der Waals surface area contributed by atoms with Crippen molar-refractivity contribution in [1.29, 1.82) is 0 Å². The van der Waals surface area contributed by atoms with Gasteiger partial charge in [-0.2, -0.15) is 0 Å². The van der Waals surface area contributed by atoms with Crippen molar-refractivity contribution in [3.63, 3.8) is 0 Å². The van der Waals surface area contributed by atoms with Crippen LogP contribution in [0.15, 0.2) is 23.6 Å². The lowest BCUT2D eigenvalue weighted by Crippen LogP contribution is -2.12. The molecule has 0 saturated carbocycles. The highest BCUT2D eigenvalue weighted by Crippen LogP contribution is 2.12. The number of nitrogens with zero attached hydrogens (tertiary/aromatic N) is 2. The Hall–Kier alpha value is -1.66. The van der Waals surface area contributed by atoms with E-state index in [1.54, 1.807) is 17.4 Å². The summed E-state index contributed by atoms with van der Waals surface area (Å²) in [6, 6.07) is 5.98. The molecule has 5 nitrogen and oxygen atoms in total. The number of hydrogen-bond acceptors (Lipinski definition) is 6. The molecule has 0 aliphatic carbocycles. The Morgan fingerprint density at radius 2 is 2.18 bits per heavy atom. The molecule has 0 saturated heterocycles. The van der Waals surface area contributed by atoms with Gasteiger partial charge >= 0.3 is 0 Å². The van der Waals surface area contributed by atoms with Crippen LogP contribution in [0.1, 0.15) is 10.7 Å². The van der Waals surface area contributed by atoms with Gasteiger partial charge in [0.2, 0.25) is 0 Å². The summed E-state index contributed by atoms with van der Waals surface area (Å²) in [6.07, 6.45) is 0.992. The van der Waals surface area contributed by atoms with Crippen LogP contribution in [-0.2, 0) is 6.42 Å². The minimum absolute atomic E-state index is 0.621. The van der Waals surface area contributed by atoms with Gasteiger partial charge in [0.05, 0.1) is 0 Å². The zero-order valence-corrected chi connectivity index (χ0v) is 10.4. The smallest absolute Gasteiger partial charge is 0.145 e. The lowest BCUT2D eigenvalue weighted by atomic mass is 10.3. The summed E-state index contributed by atoms with van der Waals surface area (Å²) in [6.45, 7) is 2.69. The number of nitrogen functional groups attached to an aromatic ring is 1. The van der Waals surface area contributed by atoms with Crippen LogP contribution in [0.25, 0.3) is 0 Å². The van der Waals surface area contributed by atoms with Gasteiger partial charge in [-0.3, -0.25) is 0 Å².